The molecule has 0 fully saturated rings. The minimum Gasteiger partial charge on any atom is -0.399 e. The third-order valence-electron chi connectivity index (χ3n) is 3.52. The van der Waals surface area contributed by atoms with Crippen LogP contribution in [0.4, 0.5) is 10.1 Å². The van der Waals surface area contributed by atoms with Crippen LogP contribution < -0.4 is 5.73 Å². The second-order valence-corrected chi connectivity index (χ2v) is 4.89. The molecule has 20 heavy (non-hydrogen) atoms. The molecule has 2 aromatic carbocycles. The molecule has 0 aliphatic carbocycles. The normalized spacial score (nSPS) is 11.2. The number of anilines is 1. The standard InChI is InChI=1S/C16H16FN3/c1-3-20-15-7-4-11(17)9-14(15)19-16(20)13-6-5-12(18)8-10(13)2/h4-9H,3,18H2,1-2H3. The minimum absolute atomic E-state index is 0.265. The van der Waals surface area contributed by atoms with Crippen molar-refractivity contribution in [1.29, 1.82) is 0 Å². The summed E-state index contributed by atoms with van der Waals surface area (Å²) in [5.41, 5.74) is 10.2. The zero-order valence-corrected chi connectivity index (χ0v) is 11.5. The van der Waals surface area contributed by atoms with Gasteiger partial charge in [-0.05, 0) is 49.7 Å². The van der Waals surface area contributed by atoms with E-state index < -0.39 is 0 Å². The van der Waals surface area contributed by atoms with Crippen molar-refractivity contribution in [1.82, 2.24) is 9.55 Å². The smallest absolute Gasteiger partial charge is 0.141 e. The summed E-state index contributed by atoms with van der Waals surface area (Å²) in [4.78, 5) is 4.59. The number of hydrogen-bond donors (Lipinski definition) is 1. The molecule has 3 aromatic rings. The van der Waals surface area contributed by atoms with Gasteiger partial charge in [0.2, 0.25) is 0 Å². The van der Waals surface area contributed by atoms with Crippen LogP contribution in [-0.2, 0) is 6.54 Å². The lowest BCUT2D eigenvalue weighted by atomic mass is 10.1. The van der Waals surface area contributed by atoms with Gasteiger partial charge in [-0.25, -0.2) is 9.37 Å². The quantitative estimate of drug-likeness (QED) is 0.720. The van der Waals surface area contributed by atoms with Crippen molar-refractivity contribution < 1.29 is 4.39 Å². The zero-order valence-electron chi connectivity index (χ0n) is 11.5. The van der Waals surface area contributed by atoms with Gasteiger partial charge in [0.25, 0.3) is 0 Å². The van der Waals surface area contributed by atoms with E-state index in [9.17, 15) is 4.39 Å². The lowest BCUT2D eigenvalue weighted by molar-refractivity contribution is 0.629. The van der Waals surface area contributed by atoms with Gasteiger partial charge in [-0.2, -0.15) is 0 Å². The number of aromatic nitrogens is 2. The molecule has 102 valence electrons. The molecule has 1 aromatic heterocycles. The van der Waals surface area contributed by atoms with Crippen LogP contribution in [0.5, 0.6) is 0 Å². The van der Waals surface area contributed by atoms with Crippen molar-refractivity contribution in [2.75, 3.05) is 5.73 Å². The average Bonchev–Trinajstić information content (AvgIpc) is 2.75. The average molecular weight is 269 g/mol. The van der Waals surface area contributed by atoms with E-state index in [2.05, 4.69) is 16.5 Å². The summed E-state index contributed by atoms with van der Waals surface area (Å²) in [6.07, 6.45) is 0. The first-order valence-corrected chi connectivity index (χ1v) is 6.62. The number of halogens is 1. The number of rotatable bonds is 2. The Balaban J connectivity index is 2.30. The van der Waals surface area contributed by atoms with Crippen molar-refractivity contribution in [3.05, 3.63) is 47.8 Å². The summed E-state index contributed by atoms with van der Waals surface area (Å²) in [6, 6.07) is 10.5. The van der Waals surface area contributed by atoms with Crippen LogP contribution in [0.3, 0.4) is 0 Å². The summed E-state index contributed by atoms with van der Waals surface area (Å²) in [7, 11) is 0. The van der Waals surface area contributed by atoms with E-state index in [0.717, 1.165) is 34.7 Å². The van der Waals surface area contributed by atoms with E-state index in [1.165, 1.54) is 12.1 Å². The predicted octanol–water partition coefficient (Wildman–Crippen LogP) is 3.75. The number of hydrogen-bond acceptors (Lipinski definition) is 2. The number of imidazole rings is 1. The highest BCUT2D eigenvalue weighted by molar-refractivity contribution is 5.81. The van der Waals surface area contributed by atoms with Crippen LogP contribution in [0.2, 0.25) is 0 Å². The molecule has 0 aliphatic heterocycles. The molecule has 0 radical (unpaired) electrons. The first kappa shape index (κ1) is 12.7. The highest BCUT2D eigenvalue weighted by Gasteiger charge is 2.13. The molecule has 0 saturated carbocycles. The van der Waals surface area contributed by atoms with Gasteiger partial charge >= 0.3 is 0 Å². The van der Waals surface area contributed by atoms with E-state index in [0.29, 0.717) is 5.52 Å². The van der Waals surface area contributed by atoms with Crippen molar-refractivity contribution >= 4 is 16.7 Å². The van der Waals surface area contributed by atoms with E-state index in [1.54, 1.807) is 6.07 Å². The molecule has 0 bridgehead atoms. The largest absolute Gasteiger partial charge is 0.399 e. The van der Waals surface area contributed by atoms with E-state index in [-0.39, 0.29) is 5.82 Å². The van der Waals surface area contributed by atoms with Gasteiger partial charge in [0.05, 0.1) is 11.0 Å². The number of nitrogens with zero attached hydrogens (tertiary/aromatic N) is 2. The highest BCUT2D eigenvalue weighted by Crippen LogP contribution is 2.28. The SMILES string of the molecule is CCn1c(-c2ccc(N)cc2C)nc2cc(F)ccc21. The van der Waals surface area contributed by atoms with Crippen LogP contribution in [0.1, 0.15) is 12.5 Å². The number of aryl methyl sites for hydroxylation is 2. The molecule has 0 atom stereocenters. The van der Waals surface area contributed by atoms with Crippen LogP contribution >= 0.6 is 0 Å². The maximum Gasteiger partial charge on any atom is 0.141 e. The highest BCUT2D eigenvalue weighted by atomic mass is 19.1. The Hall–Kier alpha value is -2.36. The molecule has 0 spiro atoms. The predicted molar refractivity (Wildman–Crippen MR) is 80.0 cm³/mol. The number of nitrogen functional groups attached to an aromatic ring is 1. The number of benzene rings is 2. The number of fused-ring (bicyclic) bond motifs is 1. The topological polar surface area (TPSA) is 43.8 Å². The third kappa shape index (κ3) is 1.93. The Morgan fingerprint density at radius 2 is 2.00 bits per heavy atom. The fourth-order valence-corrected chi connectivity index (χ4v) is 2.57. The summed E-state index contributed by atoms with van der Waals surface area (Å²) < 4.78 is 15.4. The van der Waals surface area contributed by atoms with Crippen molar-refractivity contribution in [2.45, 2.75) is 20.4 Å². The lowest BCUT2D eigenvalue weighted by Crippen LogP contribution is -1.99. The van der Waals surface area contributed by atoms with Gasteiger partial charge in [-0.3, -0.25) is 0 Å². The Kier molecular flexibility index (Phi) is 2.93. The zero-order chi connectivity index (χ0) is 14.3. The van der Waals surface area contributed by atoms with Crippen LogP contribution in [0.25, 0.3) is 22.4 Å². The lowest BCUT2D eigenvalue weighted by Gasteiger charge is -2.09. The molecule has 0 saturated heterocycles. The first-order valence-electron chi connectivity index (χ1n) is 6.62. The third-order valence-corrected chi connectivity index (χ3v) is 3.52. The van der Waals surface area contributed by atoms with Gasteiger partial charge in [0.1, 0.15) is 11.6 Å². The Morgan fingerprint density at radius 3 is 2.70 bits per heavy atom. The van der Waals surface area contributed by atoms with Gasteiger partial charge in [-0.1, -0.05) is 0 Å². The van der Waals surface area contributed by atoms with Gasteiger partial charge in [0.15, 0.2) is 0 Å². The van der Waals surface area contributed by atoms with Crippen molar-refractivity contribution in [3.8, 4) is 11.4 Å². The molecule has 0 aliphatic rings. The first-order chi connectivity index (χ1) is 9.60. The molecular formula is C16H16FN3. The monoisotopic (exact) mass is 269 g/mol. The molecule has 1 heterocycles. The Bertz CT molecular complexity index is 790. The minimum atomic E-state index is -0.265. The molecule has 0 amide bonds. The Labute approximate surface area is 116 Å². The van der Waals surface area contributed by atoms with E-state index in [4.69, 9.17) is 5.73 Å². The van der Waals surface area contributed by atoms with Gasteiger partial charge < -0.3 is 10.3 Å². The van der Waals surface area contributed by atoms with Crippen LogP contribution in [0, 0.1) is 12.7 Å². The van der Waals surface area contributed by atoms with Crippen LogP contribution in [-0.4, -0.2) is 9.55 Å². The molecule has 3 nitrogen and oxygen atoms in total. The summed E-state index contributed by atoms with van der Waals surface area (Å²) in [6.45, 7) is 4.84. The summed E-state index contributed by atoms with van der Waals surface area (Å²) >= 11 is 0. The second-order valence-electron chi connectivity index (χ2n) is 4.89. The summed E-state index contributed by atoms with van der Waals surface area (Å²) in [5, 5.41) is 0. The Morgan fingerprint density at radius 1 is 1.20 bits per heavy atom. The molecule has 0 unspecified atom stereocenters. The summed E-state index contributed by atoms with van der Waals surface area (Å²) in [5.74, 6) is 0.587. The molecular weight excluding hydrogens is 253 g/mol. The van der Waals surface area contributed by atoms with E-state index in [1.807, 2.05) is 25.1 Å². The van der Waals surface area contributed by atoms with Gasteiger partial charge in [-0.15, -0.1) is 0 Å². The van der Waals surface area contributed by atoms with E-state index >= 15 is 0 Å². The maximum atomic E-state index is 13.4. The van der Waals surface area contributed by atoms with Crippen LogP contribution in [0.15, 0.2) is 36.4 Å². The fraction of sp³-hybridized carbons (Fsp3) is 0.188. The second kappa shape index (κ2) is 4.63. The molecule has 3 rings (SSSR count). The molecule has 2 N–H and O–H groups in total. The number of nitrogens with two attached hydrogens (primary N) is 1. The van der Waals surface area contributed by atoms with Crippen molar-refractivity contribution in [2.24, 2.45) is 0 Å². The molecule has 4 heteroatoms. The van der Waals surface area contributed by atoms with Crippen molar-refractivity contribution in [3.63, 3.8) is 0 Å². The maximum absolute atomic E-state index is 13.4. The fourth-order valence-electron chi connectivity index (χ4n) is 2.57. The van der Waals surface area contributed by atoms with Gasteiger partial charge in [0, 0.05) is 23.9 Å².